The zero-order chi connectivity index (χ0) is 24.7. The smallest absolute Gasteiger partial charge is 0.271 e. The molecule has 0 saturated carbocycles. The van der Waals surface area contributed by atoms with Crippen LogP contribution in [0.25, 0.3) is 0 Å². The minimum absolute atomic E-state index is 0.0670. The van der Waals surface area contributed by atoms with Gasteiger partial charge in [0.1, 0.15) is 6.54 Å². The number of rotatable bonds is 9. The second-order valence-corrected chi connectivity index (χ2v) is 8.66. The molecule has 11 nitrogen and oxygen atoms in total. The molecule has 0 bridgehead atoms. The van der Waals surface area contributed by atoms with E-state index in [2.05, 4.69) is 10.5 Å². The highest BCUT2D eigenvalue weighted by atomic mass is 32.2. The van der Waals surface area contributed by atoms with Crippen molar-refractivity contribution < 1.29 is 28.0 Å². The second-order valence-electron chi connectivity index (χ2n) is 6.79. The average molecular weight is 484 g/mol. The van der Waals surface area contributed by atoms with Gasteiger partial charge in [-0.3, -0.25) is 19.2 Å². The lowest BCUT2D eigenvalue weighted by Crippen LogP contribution is -2.39. The number of phenols is 1. The fraction of sp³-hybridized carbons (Fsp3) is 0.0909. The third kappa shape index (κ3) is 5.48. The summed E-state index contributed by atoms with van der Waals surface area (Å²) in [5.74, 6) is -0.793. The first kappa shape index (κ1) is 24.2. The summed E-state index contributed by atoms with van der Waals surface area (Å²) in [6, 6.07) is 17.0. The van der Waals surface area contributed by atoms with Crippen molar-refractivity contribution in [1.29, 1.82) is 0 Å². The van der Waals surface area contributed by atoms with Crippen LogP contribution in [0.1, 0.15) is 5.56 Å². The molecule has 2 N–H and O–H groups in total. The van der Waals surface area contributed by atoms with Gasteiger partial charge in [0.25, 0.3) is 21.6 Å². The van der Waals surface area contributed by atoms with Gasteiger partial charge in [-0.25, -0.2) is 13.8 Å². The van der Waals surface area contributed by atoms with Gasteiger partial charge in [0, 0.05) is 17.7 Å². The summed E-state index contributed by atoms with van der Waals surface area (Å²) < 4.78 is 32.3. The molecule has 176 valence electrons. The molecule has 1 amide bonds. The third-order valence-corrected chi connectivity index (χ3v) is 6.38. The Kier molecular flexibility index (Phi) is 7.43. The van der Waals surface area contributed by atoms with Crippen molar-refractivity contribution in [3.8, 4) is 11.5 Å². The molecule has 0 radical (unpaired) electrons. The molecule has 0 aliphatic heterocycles. The van der Waals surface area contributed by atoms with Crippen LogP contribution in [0.15, 0.2) is 82.8 Å². The molecule has 34 heavy (non-hydrogen) atoms. The zero-order valence-electron chi connectivity index (χ0n) is 17.9. The van der Waals surface area contributed by atoms with Crippen molar-refractivity contribution in [2.45, 2.75) is 4.90 Å². The van der Waals surface area contributed by atoms with E-state index in [4.69, 9.17) is 4.74 Å². The summed E-state index contributed by atoms with van der Waals surface area (Å²) in [6.45, 7) is -0.709. The second kappa shape index (κ2) is 10.4. The largest absolute Gasteiger partial charge is 0.504 e. The van der Waals surface area contributed by atoms with E-state index in [0.717, 1.165) is 10.4 Å². The Balaban J connectivity index is 1.88. The predicted molar refractivity (Wildman–Crippen MR) is 124 cm³/mol. The standard InChI is InChI=1S/C22H20N4O7S/c1-33-20-12-5-7-16(22(20)28)14-23-24-21(27)15-25(17-8-6-9-18(13-17)26(29)30)34(31,32)19-10-3-2-4-11-19/h2-14,28H,15H2,1H3,(H,24,27)/b23-14-. The van der Waals surface area contributed by atoms with Crippen molar-refractivity contribution in [2.75, 3.05) is 18.0 Å². The van der Waals surface area contributed by atoms with E-state index in [9.17, 15) is 28.4 Å². The van der Waals surface area contributed by atoms with E-state index in [1.807, 2.05) is 0 Å². The van der Waals surface area contributed by atoms with Gasteiger partial charge in [-0.1, -0.05) is 30.3 Å². The fourth-order valence-electron chi connectivity index (χ4n) is 2.94. The molecule has 0 aliphatic carbocycles. The molecule has 3 aromatic rings. The molecule has 3 rings (SSSR count). The number of carbonyl (C=O) groups is 1. The number of para-hydroxylation sites is 1. The van der Waals surface area contributed by atoms with Crippen LogP contribution >= 0.6 is 0 Å². The summed E-state index contributed by atoms with van der Waals surface area (Å²) in [7, 11) is -2.86. The number of aromatic hydroxyl groups is 1. The van der Waals surface area contributed by atoms with E-state index < -0.39 is 27.4 Å². The Morgan fingerprint density at radius 2 is 1.85 bits per heavy atom. The lowest BCUT2D eigenvalue weighted by Gasteiger charge is -2.23. The van der Waals surface area contributed by atoms with Crippen LogP contribution in [-0.2, 0) is 14.8 Å². The van der Waals surface area contributed by atoms with Crippen LogP contribution in [-0.4, -0.2) is 44.2 Å². The molecule has 0 spiro atoms. The molecule has 0 atom stereocenters. The number of hydrogen-bond acceptors (Lipinski definition) is 8. The Morgan fingerprint density at radius 3 is 2.53 bits per heavy atom. The molecule has 0 fully saturated rings. The number of benzene rings is 3. The van der Waals surface area contributed by atoms with Gasteiger partial charge in [-0.15, -0.1) is 0 Å². The monoisotopic (exact) mass is 484 g/mol. The molecule has 0 heterocycles. The highest BCUT2D eigenvalue weighted by Crippen LogP contribution is 2.28. The van der Waals surface area contributed by atoms with E-state index >= 15 is 0 Å². The maximum absolute atomic E-state index is 13.3. The average Bonchev–Trinajstić information content (AvgIpc) is 2.84. The molecular weight excluding hydrogens is 464 g/mol. The normalized spacial score (nSPS) is 11.2. The molecular formula is C22H20N4O7S. The highest BCUT2D eigenvalue weighted by Gasteiger charge is 2.28. The van der Waals surface area contributed by atoms with Crippen molar-refractivity contribution >= 4 is 33.5 Å². The van der Waals surface area contributed by atoms with E-state index in [1.165, 1.54) is 67.9 Å². The number of sulfonamides is 1. The number of carbonyl (C=O) groups excluding carboxylic acids is 1. The van der Waals surface area contributed by atoms with Crippen LogP contribution in [0.3, 0.4) is 0 Å². The van der Waals surface area contributed by atoms with Gasteiger partial charge in [0.2, 0.25) is 0 Å². The number of non-ortho nitro benzene ring substituents is 1. The number of nitrogens with zero attached hydrogens (tertiary/aromatic N) is 3. The Hall–Kier alpha value is -4.45. The minimum atomic E-state index is -4.24. The Labute approximate surface area is 195 Å². The number of methoxy groups -OCH3 is 1. The van der Waals surface area contributed by atoms with Gasteiger partial charge < -0.3 is 9.84 Å². The molecule has 0 saturated heterocycles. The van der Waals surface area contributed by atoms with Crippen LogP contribution < -0.4 is 14.5 Å². The van der Waals surface area contributed by atoms with Crippen LogP contribution in [0.5, 0.6) is 11.5 Å². The Bertz CT molecular complexity index is 1330. The lowest BCUT2D eigenvalue weighted by molar-refractivity contribution is -0.384. The molecule has 12 heteroatoms. The maximum atomic E-state index is 13.3. The van der Waals surface area contributed by atoms with Crippen molar-refractivity contribution in [3.05, 3.63) is 88.5 Å². The zero-order valence-corrected chi connectivity index (χ0v) is 18.7. The van der Waals surface area contributed by atoms with Gasteiger partial charge in [-0.05, 0) is 30.3 Å². The molecule has 3 aromatic carbocycles. The summed E-state index contributed by atoms with van der Waals surface area (Å²) in [5.41, 5.74) is 2.05. The molecule has 0 unspecified atom stereocenters. The van der Waals surface area contributed by atoms with Crippen LogP contribution in [0.2, 0.25) is 0 Å². The SMILES string of the molecule is COc1cccc(/C=N\NC(=O)CN(c2cccc([N+](=O)[O-])c2)S(=O)(=O)c2ccccc2)c1O. The first-order valence-electron chi connectivity index (χ1n) is 9.74. The van der Waals surface area contributed by atoms with Gasteiger partial charge in [0.05, 0.1) is 28.8 Å². The van der Waals surface area contributed by atoms with E-state index in [-0.39, 0.29) is 33.3 Å². The summed E-state index contributed by atoms with van der Waals surface area (Å²) in [4.78, 5) is 23.0. The first-order chi connectivity index (χ1) is 16.2. The number of phenolic OH excluding ortho intramolecular Hbond substituents is 1. The third-order valence-electron chi connectivity index (χ3n) is 4.59. The predicted octanol–water partition coefficient (Wildman–Crippen LogP) is 2.65. The van der Waals surface area contributed by atoms with Gasteiger partial charge in [0.15, 0.2) is 11.5 Å². The number of anilines is 1. The van der Waals surface area contributed by atoms with Gasteiger partial charge >= 0.3 is 0 Å². The molecule has 0 aliphatic rings. The number of nitrogens with one attached hydrogen (secondary N) is 1. The quantitative estimate of drug-likeness (QED) is 0.269. The van der Waals surface area contributed by atoms with Crippen molar-refractivity contribution in [1.82, 2.24) is 5.43 Å². The lowest BCUT2D eigenvalue weighted by atomic mass is 10.2. The maximum Gasteiger partial charge on any atom is 0.271 e. The van der Waals surface area contributed by atoms with Gasteiger partial charge in [-0.2, -0.15) is 5.10 Å². The number of nitro benzene ring substituents is 1. The fourth-order valence-corrected chi connectivity index (χ4v) is 4.38. The first-order valence-corrected chi connectivity index (χ1v) is 11.2. The number of hydrogen-bond donors (Lipinski definition) is 2. The number of amides is 1. The minimum Gasteiger partial charge on any atom is -0.504 e. The number of ether oxygens (including phenoxy) is 1. The van der Waals surface area contributed by atoms with E-state index in [1.54, 1.807) is 12.1 Å². The van der Waals surface area contributed by atoms with Crippen molar-refractivity contribution in [2.24, 2.45) is 5.10 Å². The number of nitro groups is 1. The van der Waals surface area contributed by atoms with E-state index in [0.29, 0.717) is 0 Å². The summed E-state index contributed by atoms with van der Waals surface area (Å²) in [6.07, 6.45) is 1.17. The van der Waals surface area contributed by atoms with Crippen molar-refractivity contribution in [3.63, 3.8) is 0 Å². The van der Waals surface area contributed by atoms with Crippen LogP contribution in [0, 0.1) is 10.1 Å². The Morgan fingerprint density at radius 1 is 1.15 bits per heavy atom. The van der Waals surface area contributed by atoms with Crippen LogP contribution in [0.4, 0.5) is 11.4 Å². The molecule has 0 aromatic heterocycles. The summed E-state index contributed by atoms with van der Waals surface area (Å²) in [5, 5.41) is 25.0. The highest BCUT2D eigenvalue weighted by molar-refractivity contribution is 7.92. The number of hydrazone groups is 1. The topological polar surface area (TPSA) is 151 Å². The summed E-state index contributed by atoms with van der Waals surface area (Å²) >= 11 is 0.